The van der Waals surface area contributed by atoms with E-state index in [1.54, 1.807) is 12.1 Å². The molecule has 6 nitrogen and oxygen atoms in total. The molecular weight excluding hydrogens is 362 g/mol. The van der Waals surface area contributed by atoms with Gasteiger partial charge in [-0.15, -0.1) is 0 Å². The molecule has 1 atom stereocenters. The van der Waals surface area contributed by atoms with Gasteiger partial charge < -0.3 is 9.88 Å². The number of hydrogen-bond donors (Lipinski definition) is 1. The average Bonchev–Trinajstić information content (AvgIpc) is 3.10. The normalized spacial score (nSPS) is 18.7. The molecule has 1 saturated heterocycles. The van der Waals surface area contributed by atoms with Crippen molar-refractivity contribution in [1.29, 1.82) is 0 Å². The van der Waals surface area contributed by atoms with Gasteiger partial charge in [0.25, 0.3) is 0 Å². The van der Waals surface area contributed by atoms with Crippen LogP contribution >= 0.6 is 0 Å². The molecular formula is C20H29N3O3S. The number of rotatable bonds is 7. The standard InChI is InChI=1S/C20H29N3O3S/c1-3-5-11-21-20(24)17-7-6-12-23(15-17)27(25,26)18-8-9-19-16(14-18)10-13-22(19)4-2/h8-10,13-14,17H,3-7,11-12,15H2,1-2H3,(H,21,24)/t17-/m0/s1. The molecule has 3 rings (SSSR count). The molecule has 0 saturated carbocycles. The lowest BCUT2D eigenvalue weighted by molar-refractivity contribution is -0.126. The zero-order chi connectivity index (χ0) is 19.4. The van der Waals surface area contributed by atoms with Gasteiger partial charge in [0.05, 0.1) is 10.8 Å². The molecule has 1 N–H and O–H groups in total. The summed E-state index contributed by atoms with van der Waals surface area (Å²) in [5.41, 5.74) is 1.03. The van der Waals surface area contributed by atoms with Crippen LogP contribution in [0.4, 0.5) is 0 Å². The maximum absolute atomic E-state index is 13.1. The fourth-order valence-electron chi connectivity index (χ4n) is 3.67. The van der Waals surface area contributed by atoms with E-state index in [2.05, 4.69) is 23.7 Å². The van der Waals surface area contributed by atoms with Gasteiger partial charge in [0.2, 0.25) is 15.9 Å². The van der Waals surface area contributed by atoms with Crippen molar-refractivity contribution in [2.45, 2.75) is 51.0 Å². The van der Waals surface area contributed by atoms with Crippen molar-refractivity contribution < 1.29 is 13.2 Å². The van der Waals surface area contributed by atoms with E-state index < -0.39 is 10.0 Å². The molecule has 148 valence electrons. The van der Waals surface area contributed by atoms with E-state index in [1.807, 2.05) is 18.3 Å². The fraction of sp³-hybridized carbons (Fsp3) is 0.550. The predicted octanol–water partition coefficient (Wildman–Crippen LogP) is 2.98. The first-order valence-electron chi connectivity index (χ1n) is 9.84. The number of sulfonamides is 1. The summed E-state index contributed by atoms with van der Waals surface area (Å²) < 4.78 is 29.8. The second-order valence-electron chi connectivity index (χ2n) is 7.17. The number of piperidine rings is 1. The van der Waals surface area contributed by atoms with Crippen LogP contribution in [0.1, 0.15) is 39.5 Å². The Morgan fingerprint density at radius 2 is 2.07 bits per heavy atom. The van der Waals surface area contributed by atoms with E-state index in [-0.39, 0.29) is 18.4 Å². The molecule has 2 heterocycles. The first-order chi connectivity index (χ1) is 13.0. The molecule has 1 aromatic carbocycles. The van der Waals surface area contributed by atoms with Gasteiger partial charge in [-0.2, -0.15) is 4.31 Å². The van der Waals surface area contributed by atoms with E-state index >= 15 is 0 Å². The fourth-order valence-corrected chi connectivity index (χ4v) is 5.23. The molecule has 7 heteroatoms. The summed E-state index contributed by atoms with van der Waals surface area (Å²) in [6.07, 6.45) is 5.38. The van der Waals surface area contributed by atoms with Gasteiger partial charge >= 0.3 is 0 Å². The minimum atomic E-state index is -3.60. The molecule has 1 aliphatic rings. The summed E-state index contributed by atoms with van der Waals surface area (Å²) in [5, 5.41) is 3.86. The van der Waals surface area contributed by atoms with Crippen molar-refractivity contribution in [3.63, 3.8) is 0 Å². The number of amides is 1. The lowest BCUT2D eigenvalue weighted by atomic mass is 9.99. The molecule has 1 amide bonds. The topological polar surface area (TPSA) is 71.4 Å². The van der Waals surface area contributed by atoms with Crippen molar-refractivity contribution in [2.24, 2.45) is 5.92 Å². The van der Waals surface area contributed by atoms with Gasteiger partial charge in [-0.1, -0.05) is 13.3 Å². The zero-order valence-corrected chi connectivity index (χ0v) is 17.0. The van der Waals surface area contributed by atoms with Crippen molar-refractivity contribution in [3.8, 4) is 0 Å². The molecule has 0 unspecified atom stereocenters. The van der Waals surface area contributed by atoms with Crippen LogP contribution in [0, 0.1) is 5.92 Å². The summed E-state index contributed by atoms with van der Waals surface area (Å²) in [7, 11) is -3.60. The molecule has 1 fully saturated rings. The van der Waals surface area contributed by atoms with Crippen LogP contribution in [0.25, 0.3) is 10.9 Å². The number of hydrogen-bond acceptors (Lipinski definition) is 3. The molecule has 2 aromatic rings. The Hall–Kier alpha value is -1.86. The number of nitrogens with zero attached hydrogens (tertiary/aromatic N) is 2. The number of benzene rings is 1. The van der Waals surface area contributed by atoms with E-state index in [9.17, 15) is 13.2 Å². The van der Waals surface area contributed by atoms with Crippen LogP contribution < -0.4 is 5.32 Å². The Bertz CT molecular complexity index is 904. The summed E-state index contributed by atoms with van der Waals surface area (Å²) in [6.45, 7) is 6.36. The van der Waals surface area contributed by atoms with Crippen molar-refractivity contribution in [1.82, 2.24) is 14.2 Å². The Balaban J connectivity index is 1.76. The van der Waals surface area contributed by atoms with Crippen LogP contribution in [0.15, 0.2) is 35.4 Å². The maximum Gasteiger partial charge on any atom is 0.243 e. The largest absolute Gasteiger partial charge is 0.356 e. The Labute approximate surface area is 161 Å². The molecule has 0 aliphatic carbocycles. The zero-order valence-electron chi connectivity index (χ0n) is 16.1. The maximum atomic E-state index is 13.1. The second-order valence-corrected chi connectivity index (χ2v) is 9.11. The van der Waals surface area contributed by atoms with Crippen LogP contribution in [-0.4, -0.2) is 42.8 Å². The third-order valence-electron chi connectivity index (χ3n) is 5.31. The van der Waals surface area contributed by atoms with Crippen molar-refractivity contribution >= 4 is 26.8 Å². The summed E-state index contributed by atoms with van der Waals surface area (Å²) in [4.78, 5) is 12.7. The first kappa shape index (κ1) is 19.9. The minimum Gasteiger partial charge on any atom is -0.356 e. The minimum absolute atomic E-state index is 0.0289. The van der Waals surface area contributed by atoms with Crippen LogP contribution in [0.2, 0.25) is 0 Å². The van der Waals surface area contributed by atoms with E-state index in [1.165, 1.54) is 4.31 Å². The smallest absolute Gasteiger partial charge is 0.243 e. The number of aromatic nitrogens is 1. The number of aryl methyl sites for hydroxylation is 1. The van der Waals surface area contributed by atoms with E-state index in [0.29, 0.717) is 24.4 Å². The average molecular weight is 392 g/mol. The van der Waals surface area contributed by atoms with Gasteiger partial charge in [-0.05, 0) is 50.5 Å². The lowest BCUT2D eigenvalue weighted by Crippen LogP contribution is -2.45. The summed E-state index contributed by atoms with van der Waals surface area (Å²) >= 11 is 0. The van der Waals surface area contributed by atoms with Gasteiger partial charge in [0.1, 0.15) is 0 Å². The predicted molar refractivity (Wildman–Crippen MR) is 107 cm³/mol. The highest BCUT2D eigenvalue weighted by molar-refractivity contribution is 7.89. The summed E-state index contributed by atoms with van der Waals surface area (Å²) in [6, 6.07) is 7.22. The SMILES string of the molecule is CCCCNC(=O)[C@H]1CCCN(S(=O)(=O)c2ccc3c(ccn3CC)c2)C1. The molecule has 27 heavy (non-hydrogen) atoms. The monoisotopic (exact) mass is 391 g/mol. The van der Waals surface area contributed by atoms with Crippen molar-refractivity contribution in [2.75, 3.05) is 19.6 Å². The van der Waals surface area contributed by atoms with E-state index in [4.69, 9.17) is 0 Å². The van der Waals surface area contributed by atoms with E-state index in [0.717, 1.165) is 36.7 Å². The number of carbonyl (C=O) groups excluding carboxylic acids is 1. The lowest BCUT2D eigenvalue weighted by Gasteiger charge is -2.31. The Kier molecular flexibility index (Phi) is 6.22. The Morgan fingerprint density at radius 1 is 1.26 bits per heavy atom. The molecule has 1 aliphatic heterocycles. The number of nitrogens with one attached hydrogen (secondary N) is 1. The quantitative estimate of drug-likeness (QED) is 0.738. The van der Waals surface area contributed by atoms with Gasteiger partial charge in [-0.3, -0.25) is 4.79 Å². The molecule has 1 aromatic heterocycles. The van der Waals surface area contributed by atoms with Crippen LogP contribution in [-0.2, 0) is 21.4 Å². The van der Waals surface area contributed by atoms with Gasteiger partial charge in [0, 0.05) is 43.3 Å². The van der Waals surface area contributed by atoms with Gasteiger partial charge in [-0.25, -0.2) is 8.42 Å². The second kappa shape index (κ2) is 8.44. The third kappa shape index (κ3) is 4.19. The molecule has 0 bridgehead atoms. The summed E-state index contributed by atoms with van der Waals surface area (Å²) in [5.74, 6) is -0.297. The molecule has 0 spiro atoms. The van der Waals surface area contributed by atoms with Gasteiger partial charge in [0.15, 0.2) is 0 Å². The van der Waals surface area contributed by atoms with Crippen molar-refractivity contribution in [3.05, 3.63) is 30.5 Å². The van der Waals surface area contributed by atoms with Crippen LogP contribution in [0.5, 0.6) is 0 Å². The van der Waals surface area contributed by atoms with Crippen LogP contribution in [0.3, 0.4) is 0 Å². The highest BCUT2D eigenvalue weighted by Gasteiger charge is 2.33. The highest BCUT2D eigenvalue weighted by Crippen LogP contribution is 2.27. The Morgan fingerprint density at radius 3 is 2.81 bits per heavy atom. The highest BCUT2D eigenvalue weighted by atomic mass is 32.2. The molecule has 0 radical (unpaired) electrons. The number of fused-ring (bicyclic) bond motifs is 1. The third-order valence-corrected chi connectivity index (χ3v) is 7.17. The first-order valence-corrected chi connectivity index (χ1v) is 11.3. The number of unbranched alkanes of at least 4 members (excludes halogenated alkanes) is 1. The number of carbonyl (C=O) groups is 1.